The van der Waals surface area contributed by atoms with E-state index in [4.69, 9.17) is 16.3 Å². The van der Waals surface area contributed by atoms with Crippen molar-refractivity contribution in [1.82, 2.24) is 24.8 Å². The molecule has 0 saturated heterocycles. The largest absolute Gasteiger partial charge is 0.496 e. The molecule has 0 spiro atoms. The van der Waals surface area contributed by atoms with E-state index in [1.54, 1.807) is 42.2 Å². The molecule has 0 N–H and O–H groups in total. The Hall–Kier alpha value is -2.77. The molecule has 0 radical (unpaired) electrons. The first-order chi connectivity index (χ1) is 12.2. The number of rotatable bonds is 4. The Kier molecular flexibility index (Phi) is 4.17. The normalized spacial score (nSPS) is 11.4. The molecule has 25 heavy (non-hydrogen) atoms. The molecular formula is C17H12ClN5OS. The molecule has 124 valence electrons. The van der Waals surface area contributed by atoms with Crippen LogP contribution < -0.4 is 4.74 Å². The fraction of sp³-hybridized carbons (Fsp3) is 0.0588. The molecule has 0 unspecified atom stereocenters. The van der Waals surface area contributed by atoms with Gasteiger partial charge in [0.1, 0.15) is 10.8 Å². The molecule has 3 heterocycles. The topological polar surface area (TPSA) is 65.2 Å². The highest BCUT2D eigenvalue weighted by atomic mass is 35.5. The van der Waals surface area contributed by atoms with Crippen LogP contribution in [-0.4, -0.2) is 31.9 Å². The van der Waals surface area contributed by atoms with Crippen LogP contribution in [0.2, 0.25) is 5.02 Å². The molecule has 0 aliphatic heterocycles. The number of halogens is 1. The van der Waals surface area contributed by atoms with Crippen molar-refractivity contribution in [2.24, 2.45) is 0 Å². The molecule has 8 heteroatoms. The van der Waals surface area contributed by atoms with Crippen LogP contribution in [0.5, 0.6) is 5.75 Å². The summed E-state index contributed by atoms with van der Waals surface area (Å²) >= 11 is 7.56. The highest BCUT2D eigenvalue weighted by Crippen LogP contribution is 2.32. The Morgan fingerprint density at radius 3 is 2.92 bits per heavy atom. The summed E-state index contributed by atoms with van der Waals surface area (Å²) in [5, 5.41) is 14.4. The number of hydrogen-bond acceptors (Lipinski definition) is 6. The molecular weight excluding hydrogens is 358 g/mol. The summed E-state index contributed by atoms with van der Waals surface area (Å²) in [7, 11) is 1.61. The third-order valence-corrected chi connectivity index (χ3v) is 4.61. The number of nitrogens with zero attached hydrogens (tertiary/aromatic N) is 5. The molecule has 1 aromatic carbocycles. The van der Waals surface area contributed by atoms with Crippen LogP contribution in [0.1, 0.15) is 10.6 Å². The zero-order valence-electron chi connectivity index (χ0n) is 13.1. The van der Waals surface area contributed by atoms with E-state index in [0.29, 0.717) is 21.6 Å². The molecule has 6 nitrogen and oxygen atoms in total. The van der Waals surface area contributed by atoms with Gasteiger partial charge < -0.3 is 4.74 Å². The van der Waals surface area contributed by atoms with Crippen LogP contribution in [0.15, 0.2) is 42.7 Å². The first kappa shape index (κ1) is 15.7. The second-order valence-corrected chi connectivity index (χ2v) is 6.55. The van der Waals surface area contributed by atoms with Crippen molar-refractivity contribution in [3.05, 3.63) is 58.3 Å². The van der Waals surface area contributed by atoms with Crippen molar-refractivity contribution >= 4 is 40.1 Å². The number of hydrogen-bond donors (Lipinski definition) is 0. The van der Waals surface area contributed by atoms with Crippen LogP contribution in [0.3, 0.4) is 0 Å². The van der Waals surface area contributed by atoms with Gasteiger partial charge in [-0.1, -0.05) is 35.1 Å². The standard InChI is InChI=1S/C17H12ClN5OS/c1-24-14-6-5-12(18)9-13(14)16-20-21-17-23(16)22-15(25-17)7-4-11-3-2-8-19-10-11/h2-10H,1H3. The minimum Gasteiger partial charge on any atom is -0.496 e. The Balaban J connectivity index is 1.74. The smallest absolute Gasteiger partial charge is 0.235 e. The zero-order valence-corrected chi connectivity index (χ0v) is 14.7. The Labute approximate surface area is 152 Å². The minimum atomic E-state index is 0.589. The average molecular weight is 370 g/mol. The van der Waals surface area contributed by atoms with Crippen molar-refractivity contribution in [3.8, 4) is 17.1 Å². The van der Waals surface area contributed by atoms with Crippen molar-refractivity contribution in [2.75, 3.05) is 7.11 Å². The van der Waals surface area contributed by atoms with E-state index in [-0.39, 0.29) is 0 Å². The van der Waals surface area contributed by atoms with Gasteiger partial charge in [0.2, 0.25) is 4.96 Å². The quantitative estimate of drug-likeness (QED) is 0.542. The maximum Gasteiger partial charge on any atom is 0.235 e. The number of fused-ring (bicyclic) bond motifs is 1. The number of methoxy groups -OCH3 is 1. The van der Waals surface area contributed by atoms with Gasteiger partial charge in [-0.25, -0.2) is 0 Å². The van der Waals surface area contributed by atoms with E-state index >= 15 is 0 Å². The number of benzene rings is 1. The van der Waals surface area contributed by atoms with Crippen molar-refractivity contribution < 1.29 is 4.74 Å². The van der Waals surface area contributed by atoms with E-state index in [2.05, 4.69) is 20.3 Å². The van der Waals surface area contributed by atoms with Crippen molar-refractivity contribution in [2.45, 2.75) is 0 Å². The van der Waals surface area contributed by atoms with Crippen LogP contribution in [0.4, 0.5) is 0 Å². The Morgan fingerprint density at radius 2 is 2.12 bits per heavy atom. The monoisotopic (exact) mass is 369 g/mol. The summed E-state index contributed by atoms with van der Waals surface area (Å²) in [4.78, 5) is 4.79. The van der Waals surface area contributed by atoms with Crippen LogP contribution in [-0.2, 0) is 0 Å². The van der Waals surface area contributed by atoms with Gasteiger partial charge in [-0.3, -0.25) is 4.98 Å². The van der Waals surface area contributed by atoms with Gasteiger partial charge in [-0.05, 0) is 35.9 Å². The van der Waals surface area contributed by atoms with Gasteiger partial charge in [-0.2, -0.15) is 9.61 Å². The lowest BCUT2D eigenvalue weighted by molar-refractivity contribution is 0.416. The zero-order chi connectivity index (χ0) is 17.2. The first-order valence-electron chi connectivity index (χ1n) is 7.39. The summed E-state index contributed by atoms with van der Waals surface area (Å²) in [6.07, 6.45) is 7.41. The summed E-state index contributed by atoms with van der Waals surface area (Å²) in [5.41, 5.74) is 1.75. The fourth-order valence-electron chi connectivity index (χ4n) is 2.36. The molecule has 4 rings (SSSR count). The van der Waals surface area contributed by atoms with E-state index in [1.165, 1.54) is 11.3 Å². The lowest BCUT2D eigenvalue weighted by Crippen LogP contribution is -1.94. The number of ether oxygens (including phenoxy) is 1. The van der Waals surface area contributed by atoms with E-state index in [0.717, 1.165) is 16.1 Å². The highest BCUT2D eigenvalue weighted by molar-refractivity contribution is 7.17. The number of aromatic nitrogens is 5. The van der Waals surface area contributed by atoms with E-state index < -0.39 is 0 Å². The molecule has 0 fully saturated rings. The molecule has 0 bridgehead atoms. The molecule has 0 aliphatic rings. The summed E-state index contributed by atoms with van der Waals surface area (Å²) in [6, 6.07) is 9.23. The second kappa shape index (κ2) is 6.62. The lowest BCUT2D eigenvalue weighted by Gasteiger charge is -2.06. The Bertz CT molecular complexity index is 1060. The van der Waals surface area contributed by atoms with Gasteiger partial charge in [0.15, 0.2) is 5.82 Å². The van der Waals surface area contributed by atoms with Gasteiger partial charge in [0.25, 0.3) is 0 Å². The number of pyridine rings is 1. The predicted molar refractivity (Wildman–Crippen MR) is 98.8 cm³/mol. The summed E-state index contributed by atoms with van der Waals surface area (Å²) < 4.78 is 7.10. The Morgan fingerprint density at radius 1 is 1.20 bits per heavy atom. The SMILES string of the molecule is COc1ccc(Cl)cc1-c1nnc2sc(C=Cc3cccnc3)nn12. The average Bonchev–Trinajstić information content (AvgIpc) is 3.21. The predicted octanol–water partition coefficient (Wildman–Crippen LogP) is 4.08. The van der Waals surface area contributed by atoms with Gasteiger partial charge in [0.05, 0.1) is 12.7 Å². The molecule has 0 aliphatic carbocycles. The van der Waals surface area contributed by atoms with Gasteiger partial charge in [0, 0.05) is 17.4 Å². The highest BCUT2D eigenvalue weighted by Gasteiger charge is 2.16. The summed E-state index contributed by atoms with van der Waals surface area (Å²) in [6.45, 7) is 0. The van der Waals surface area contributed by atoms with E-state index in [9.17, 15) is 0 Å². The van der Waals surface area contributed by atoms with Crippen LogP contribution in [0.25, 0.3) is 28.5 Å². The third-order valence-electron chi connectivity index (χ3n) is 3.51. The molecule has 0 saturated carbocycles. The van der Waals surface area contributed by atoms with Crippen molar-refractivity contribution in [1.29, 1.82) is 0 Å². The van der Waals surface area contributed by atoms with Gasteiger partial charge >= 0.3 is 0 Å². The van der Waals surface area contributed by atoms with Gasteiger partial charge in [-0.15, -0.1) is 10.2 Å². The second-order valence-electron chi connectivity index (χ2n) is 5.12. The lowest BCUT2D eigenvalue weighted by atomic mass is 10.2. The molecule has 4 aromatic rings. The summed E-state index contributed by atoms with van der Waals surface area (Å²) in [5.74, 6) is 1.26. The van der Waals surface area contributed by atoms with Crippen LogP contribution >= 0.6 is 22.9 Å². The molecule has 0 atom stereocenters. The first-order valence-corrected chi connectivity index (χ1v) is 8.58. The molecule has 0 amide bonds. The van der Waals surface area contributed by atoms with E-state index in [1.807, 2.05) is 24.3 Å². The maximum atomic E-state index is 6.12. The van der Waals surface area contributed by atoms with Crippen molar-refractivity contribution in [3.63, 3.8) is 0 Å². The molecule has 3 aromatic heterocycles. The maximum absolute atomic E-state index is 6.12. The minimum absolute atomic E-state index is 0.589. The van der Waals surface area contributed by atoms with Crippen LogP contribution in [0, 0.1) is 0 Å². The fourth-order valence-corrected chi connectivity index (χ4v) is 3.28. The third kappa shape index (κ3) is 3.11.